The Morgan fingerprint density at radius 3 is 1.71 bits per heavy atom. The van der Waals surface area contributed by atoms with Crippen molar-refractivity contribution in [3.63, 3.8) is 0 Å². The highest BCUT2D eigenvalue weighted by Crippen LogP contribution is 2.24. The molecule has 0 aliphatic rings. The maximum absolute atomic E-state index is 10.7. The molecule has 0 radical (unpaired) electrons. The number of nitrogens with zero attached hydrogens (tertiary/aromatic N) is 7. The van der Waals surface area contributed by atoms with Crippen LogP contribution in [0.3, 0.4) is 0 Å². The fourth-order valence-corrected chi connectivity index (χ4v) is 3.52. The molecule has 176 valence electrons. The number of benzene rings is 2. The van der Waals surface area contributed by atoms with Crippen molar-refractivity contribution >= 4 is 0 Å². The topological polar surface area (TPSA) is 151 Å². The molecule has 2 heterocycles. The molecule has 4 N–H and O–H groups in total. The molecular weight excluding hydrogens is 432 g/mol. The van der Waals surface area contributed by atoms with E-state index < -0.39 is 11.2 Å². The molecule has 0 fully saturated rings. The molecule has 0 amide bonds. The average Bonchev–Trinajstić information content (AvgIpc) is 3.59. The third-order valence-corrected chi connectivity index (χ3v) is 5.36. The Morgan fingerprint density at radius 2 is 1.29 bits per heavy atom. The van der Waals surface area contributed by atoms with Crippen LogP contribution in [0.15, 0.2) is 103 Å². The van der Waals surface area contributed by atoms with Crippen molar-refractivity contribution < 1.29 is 10.2 Å². The van der Waals surface area contributed by atoms with Crippen LogP contribution in [-0.2, 0) is 24.3 Å². The fourth-order valence-electron chi connectivity index (χ4n) is 3.52. The normalized spacial score (nSPS) is 14.1. The van der Waals surface area contributed by atoms with E-state index in [1.54, 1.807) is 35.8 Å². The predicted octanol–water partition coefficient (Wildman–Crippen LogP) is 2.81. The molecule has 2 atom stereocenters. The summed E-state index contributed by atoms with van der Waals surface area (Å²) >= 11 is 0. The summed E-state index contributed by atoms with van der Waals surface area (Å²) < 4.78 is 3.57. The van der Waals surface area contributed by atoms with Gasteiger partial charge in [0.05, 0.1) is 32.3 Å². The molecule has 0 spiro atoms. The first-order valence-corrected chi connectivity index (χ1v) is 10.7. The summed E-state index contributed by atoms with van der Waals surface area (Å²) in [5.41, 5.74) is 13.4. The van der Waals surface area contributed by atoms with Gasteiger partial charge < -0.3 is 25.1 Å². The molecular formula is C24H28N8O2. The van der Waals surface area contributed by atoms with Gasteiger partial charge in [0, 0.05) is 36.2 Å². The van der Waals surface area contributed by atoms with Gasteiger partial charge in [0.2, 0.25) is 0 Å². The highest BCUT2D eigenvalue weighted by atomic mass is 16.3. The Kier molecular flexibility index (Phi) is 8.55. The Labute approximate surface area is 197 Å². The van der Waals surface area contributed by atoms with Gasteiger partial charge in [-0.1, -0.05) is 65.8 Å². The van der Waals surface area contributed by atoms with E-state index >= 15 is 0 Å². The molecule has 10 heteroatoms. The monoisotopic (exact) mass is 460 g/mol. The minimum Gasteiger partial charge on any atom is -0.383 e. The molecule has 2 aromatic heterocycles. The molecule has 4 aromatic rings. The lowest BCUT2D eigenvalue weighted by atomic mass is 9.94. The first kappa shape index (κ1) is 24.7. The lowest BCUT2D eigenvalue weighted by Crippen LogP contribution is -2.38. The Balaban J connectivity index is 0.000000192. The maximum atomic E-state index is 10.7. The van der Waals surface area contributed by atoms with Crippen molar-refractivity contribution in [3.05, 3.63) is 120 Å². The van der Waals surface area contributed by atoms with Crippen LogP contribution in [0.4, 0.5) is 0 Å². The first-order chi connectivity index (χ1) is 16.5. The predicted molar refractivity (Wildman–Crippen MR) is 128 cm³/mol. The van der Waals surface area contributed by atoms with E-state index in [1.165, 1.54) is 0 Å². The molecule has 2 unspecified atom stereocenters. The third-order valence-electron chi connectivity index (χ3n) is 5.36. The van der Waals surface area contributed by atoms with Gasteiger partial charge in [0.15, 0.2) is 0 Å². The van der Waals surface area contributed by atoms with Crippen LogP contribution in [0.2, 0.25) is 0 Å². The van der Waals surface area contributed by atoms with Crippen LogP contribution in [0.5, 0.6) is 0 Å². The van der Waals surface area contributed by atoms with E-state index in [2.05, 4.69) is 20.0 Å². The van der Waals surface area contributed by atoms with Gasteiger partial charge in [-0.2, -0.15) is 0 Å². The molecule has 0 aliphatic heterocycles. The van der Waals surface area contributed by atoms with E-state index in [1.807, 2.05) is 71.4 Å². The van der Waals surface area contributed by atoms with Crippen LogP contribution in [-0.4, -0.2) is 42.4 Å². The van der Waals surface area contributed by atoms with E-state index in [9.17, 15) is 10.2 Å². The minimum absolute atomic E-state index is 0.0221. The summed E-state index contributed by atoms with van der Waals surface area (Å²) in [5.74, 6) is 0. The van der Waals surface area contributed by atoms with Gasteiger partial charge in [0.1, 0.15) is 11.2 Å². The maximum Gasteiger partial charge on any atom is 0.120 e. The number of aliphatic hydroxyl groups is 2. The van der Waals surface area contributed by atoms with Gasteiger partial charge >= 0.3 is 0 Å². The molecule has 0 saturated carbocycles. The summed E-state index contributed by atoms with van der Waals surface area (Å²) in [6, 6.07) is 18.6. The first-order valence-electron chi connectivity index (χ1n) is 10.7. The van der Waals surface area contributed by atoms with E-state index in [0.717, 1.165) is 5.56 Å². The van der Waals surface area contributed by atoms with E-state index in [4.69, 9.17) is 11.3 Å². The molecule has 34 heavy (non-hydrogen) atoms. The highest BCUT2D eigenvalue weighted by Gasteiger charge is 2.29. The Morgan fingerprint density at radius 1 is 0.824 bits per heavy atom. The van der Waals surface area contributed by atoms with Crippen molar-refractivity contribution in [1.82, 2.24) is 19.1 Å². The summed E-state index contributed by atoms with van der Waals surface area (Å²) in [5, 5.41) is 24.7. The molecule has 2 aromatic carbocycles. The zero-order valence-electron chi connectivity index (χ0n) is 18.7. The number of hydrogen-bond donors (Lipinski definition) is 3. The van der Waals surface area contributed by atoms with Crippen molar-refractivity contribution in [2.24, 2.45) is 10.8 Å². The van der Waals surface area contributed by atoms with Crippen molar-refractivity contribution in [3.8, 4) is 0 Å². The van der Waals surface area contributed by atoms with Gasteiger partial charge in [-0.05, 0) is 16.7 Å². The average molecular weight is 461 g/mol. The number of nitrogens with two attached hydrogens (primary N) is 1. The zero-order valence-corrected chi connectivity index (χ0v) is 18.7. The van der Waals surface area contributed by atoms with Crippen LogP contribution >= 0.6 is 0 Å². The van der Waals surface area contributed by atoms with Crippen molar-refractivity contribution in [1.29, 1.82) is 0 Å². The second-order valence-corrected chi connectivity index (χ2v) is 7.86. The summed E-state index contributed by atoms with van der Waals surface area (Å²) in [4.78, 5) is 10.6. The zero-order chi connectivity index (χ0) is 24.3. The summed E-state index contributed by atoms with van der Waals surface area (Å²) in [7, 11) is 0. The van der Waals surface area contributed by atoms with Crippen LogP contribution in [0.25, 0.3) is 10.4 Å². The number of rotatable bonds is 9. The fraction of sp³-hybridized carbons (Fsp3) is 0.250. The van der Waals surface area contributed by atoms with Crippen LogP contribution in [0, 0.1) is 0 Å². The quantitative estimate of drug-likeness (QED) is 0.199. The Bertz CT molecular complexity index is 1150. The number of azide groups is 1. The molecule has 0 aliphatic carbocycles. The second kappa shape index (κ2) is 11.8. The highest BCUT2D eigenvalue weighted by molar-refractivity contribution is 5.23. The Hall–Kier alpha value is -3.95. The molecule has 0 saturated heterocycles. The van der Waals surface area contributed by atoms with Crippen molar-refractivity contribution in [2.45, 2.75) is 24.3 Å². The third kappa shape index (κ3) is 6.53. The standard InChI is InChI=1S/C12H13N5O.C12H15N3O/c13-16-15-8-12(18,9-17-7-6-14-10-17)11-4-2-1-3-5-11;13-8-12(16,9-15-7-6-14-10-15)11-4-2-1-3-5-11/h1-7,10,18H,8-9H2;1-7,10,16H,8-9,13H2. The van der Waals surface area contributed by atoms with Gasteiger partial charge in [-0.3, -0.25) is 0 Å². The van der Waals surface area contributed by atoms with Gasteiger partial charge in [-0.25, -0.2) is 9.97 Å². The van der Waals surface area contributed by atoms with Crippen LogP contribution < -0.4 is 5.73 Å². The number of imidazole rings is 2. The van der Waals surface area contributed by atoms with E-state index in [0.29, 0.717) is 12.1 Å². The number of hydrogen-bond acceptors (Lipinski definition) is 6. The summed E-state index contributed by atoms with van der Waals surface area (Å²) in [6.07, 6.45) is 10.2. The molecule has 0 bridgehead atoms. The molecule has 4 rings (SSSR count). The molecule has 10 nitrogen and oxygen atoms in total. The lowest BCUT2D eigenvalue weighted by Gasteiger charge is -2.27. The van der Waals surface area contributed by atoms with Crippen molar-refractivity contribution in [2.75, 3.05) is 13.1 Å². The number of aromatic nitrogens is 4. The lowest BCUT2D eigenvalue weighted by molar-refractivity contribution is 0.0272. The van der Waals surface area contributed by atoms with Gasteiger partial charge in [0.25, 0.3) is 0 Å². The summed E-state index contributed by atoms with van der Waals surface area (Å²) in [6.45, 7) is 0.852. The largest absolute Gasteiger partial charge is 0.383 e. The second-order valence-electron chi connectivity index (χ2n) is 7.86. The minimum atomic E-state index is -1.23. The van der Waals surface area contributed by atoms with E-state index in [-0.39, 0.29) is 19.6 Å². The smallest absolute Gasteiger partial charge is 0.120 e. The SMILES string of the molecule is NCC(O)(Cn1ccnc1)c1ccccc1.[N-]=[N+]=NCC(O)(Cn1ccnc1)c1ccccc1. The van der Waals surface area contributed by atoms with Gasteiger partial charge in [-0.15, -0.1) is 0 Å². The van der Waals surface area contributed by atoms with Crippen LogP contribution in [0.1, 0.15) is 11.1 Å².